The van der Waals surface area contributed by atoms with Crippen LogP contribution in [-0.4, -0.2) is 57.8 Å². The van der Waals surface area contributed by atoms with Crippen LogP contribution in [0.15, 0.2) is 65.9 Å². The van der Waals surface area contributed by atoms with Gasteiger partial charge in [-0.25, -0.2) is 9.37 Å². The first-order chi connectivity index (χ1) is 16.9. The number of likely N-dealkylation sites (N-methyl/N-ethyl adjacent to an activating group) is 1. The Bertz CT molecular complexity index is 1270. The van der Waals surface area contributed by atoms with Crippen LogP contribution >= 0.6 is 11.3 Å². The van der Waals surface area contributed by atoms with Gasteiger partial charge < -0.3 is 14.9 Å². The molecule has 1 aromatic heterocycles. The normalized spacial score (nSPS) is 16.0. The number of rotatable bonds is 9. The minimum absolute atomic E-state index is 0.106. The van der Waals surface area contributed by atoms with Gasteiger partial charge in [-0.2, -0.15) is 0 Å². The molecule has 182 valence electrons. The monoisotopic (exact) mass is 493 g/mol. The molecule has 0 saturated carbocycles. The predicted molar refractivity (Wildman–Crippen MR) is 135 cm³/mol. The van der Waals surface area contributed by atoms with Crippen molar-refractivity contribution in [2.75, 3.05) is 26.2 Å². The molecule has 6 nitrogen and oxygen atoms in total. The summed E-state index contributed by atoms with van der Waals surface area (Å²) in [6, 6.07) is 14.5. The van der Waals surface area contributed by atoms with Crippen LogP contribution < -0.4 is 0 Å². The summed E-state index contributed by atoms with van der Waals surface area (Å²) in [4.78, 5) is 35.4. The van der Waals surface area contributed by atoms with E-state index in [0.717, 1.165) is 18.7 Å². The zero-order valence-corrected chi connectivity index (χ0v) is 20.8. The number of amides is 1. The Morgan fingerprint density at radius 2 is 1.77 bits per heavy atom. The third kappa shape index (κ3) is 4.76. The van der Waals surface area contributed by atoms with Crippen LogP contribution in [0.4, 0.5) is 4.39 Å². The van der Waals surface area contributed by atoms with Crippen LogP contribution in [0.2, 0.25) is 0 Å². The maximum Gasteiger partial charge on any atom is 0.290 e. The van der Waals surface area contributed by atoms with E-state index in [0.29, 0.717) is 22.1 Å². The largest absolute Gasteiger partial charge is 0.503 e. The number of carbonyl (C=O) groups excluding carboxylic acids is 2. The van der Waals surface area contributed by atoms with Gasteiger partial charge in [0.2, 0.25) is 5.78 Å². The zero-order valence-electron chi connectivity index (χ0n) is 20.0. The maximum atomic E-state index is 15.0. The highest BCUT2D eigenvalue weighted by atomic mass is 32.1. The van der Waals surface area contributed by atoms with Gasteiger partial charge in [-0.3, -0.25) is 9.59 Å². The highest BCUT2D eigenvalue weighted by Crippen LogP contribution is 2.41. The number of nitrogens with zero attached hydrogens (tertiary/aromatic N) is 3. The molecule has 35 heavy (non-hydrogen) atoms. The maximum absolute atomic E-state index is 15.0. The number of hydrogen-bond donors (Lipinski definition) is 1. The van der Waals surface area contributed by atoms with Crippen molar-refractivity contribution in [2.45, 2.75) is 26.8 Å². The van der Waals surface area contributed by atoms with E-state index >= 15 is 0 Å². The number of Topliss-reactive ketones (excluding diaryl/α,β-unsaturated/α-hetero) is 1. The third-order valence-electron chi connectivity index (χ3n) is 6.32. The third-order valence-corrected chi connectivity index (χ3v) is 7.53. The Hall–Kier alpha value is -3.36. The summed E-state index contributed by atoms with van der Waals surface area (Å²) < 4.78 is 15.0. The fraction of sp³-hybridized carbons (Fsp3) is 0.296. The Balaban J connectivity index is 1.76. The first-order valence-corrected chi connectivity index (χ1v) is 12.5. The van der Waals surface area contributed by atoms with Crippen molar-refractivity contribution in [2.24, 2.45) is 0 Å². The van der Waals surface area contributed by atoms with Crippen molar-refractivity contribution in [1.82, 2.24) is 14.8 Å². The summed E-state index contributed by atoms with van der Waals surface area (Å²) in [6.45, 7) is 8.12. The van der Waals surface area contributed by atoms with Crippen molar-refractivity contribution < 1.29 is 19.1 Å². The van der Waals surface area contributed by atoms with Gasteiger partial charge in [0, 0.05) is 24.2 Å². The summed E-state index contributed by atoms with van der Waals surface area (Å²) in [5.41, 5.74) is 1.44. The van der Waals surface area contributed by atoms with Gasteiger partial charge in [0.25, 0.3) is 5.91 Å². The SMILES string of the molecule is CCN(CC)CCN1C(=O)C(O)=C(C(=O)c2sc(-c3ccccc3)nc2C)C1c1ccccc1F. The van der Waals surface area contributed by atoms with Crippen LogP contribution in [0.1, 0.15) is 40.8 Å². The summed E-state index contributed by atoms with van der Waals surface area (Å²) in [6.07, 6.45) is 0. The number of hydrogen-bond acceptors (Lipinski definition) is 6. The molecule has 1 aliphatic heterocycles. The number of benzene rings is 2. The second-order valence-electron chi connectivity index (χ2n) is 8.34. The van der Waals surface area contributed by atoms with E-state index in [-0.39, 0.29) is 17.7 Å². The number of aryl methyl sites for hydroxylation is 1. The molecule has 0 radical (unpaired) electrons. The molecule has 0 bridgehead atoms. The summed E-state index contributed by atoms with van der Waals surface area (Å²) in [5.74, 6) is -2.34. The number of aliphatic hydroxyl groups excluding tert-OH is 1. The number of halogens is 1. The van der Waals surface area contributed by atoms with Crippen LogP contribution in [0, 0.1) is 12.7 Å². The smallest absolute Gasteiger partial charge is 0.290 e. The lowest BCUT2D eigenvalue weighted by molar-refractivity contribution is -0.129. The van der Waals surface area contributed by atoms with Gasteiger partial charge in [-0.15, -0.1) is 11.3 Å². The van der Waals surface area contributed by atoms with Crippen molar-refractivity contribution >= 4 is 23.0 Å². The second kappa shape index (κ2) is 10.5. The predicted octanol–water partition coefficient (Wildman–Crippen LogP) is 5.18. The summed E-state index contributed by atoms with van der Waals surface area (Å²) in [5, 5.41) is 11.6. The Labute approximate surface area is 208 Å². The van der Waals surface area contributed by atoms with E-state index in [4.69, 9.17) is 0 Å². The molecule has 1 unspecified atom stereocenters. The van der Waals surface area contributed by atoms with Crippen LogP contribution in [0.3, 0.4) is 0 Å². The number of carbonyl (C=O) groups is 2. The van der Waals surface area contributed by atoms with Crippen LogP contribution in [0.5, 0.6) is 0 Å². The first kappa shape index (κ1) is 24.8. The lowest BCUT2D eigenvalue weighted by Gasteiger charge is -2.29. The molecule has 0 saturated heterocycles. The average Bonchev–Trinajstić information content (AvgIpc) is 3.38. The molecule has 1 aliphatic rings. The van der Waals surface area contributed by atoms with Crippen LogP contribution in [-0.2, 0) is 4.79 Å². The lowest BCUT2D eigenvalue weighted by Crippen LogP contribution is -2.39. The lowest BCUT2D eigenvalue weighted by atomic mass is 9.94. The highest BCUT2D eigenvalue weighted by molar-refractivity contribution is 7.17. The molecule has 0 fully saturated rings. The molecule has 0 spiro atoms. The highest BCUT2D eigenvalue weighted by Gasteiger charge is 2.45. The van der Waals surface area contributed by atoms with E-state index in [9.17, 15) is 19.1 Å². The Morgan fingerprint density at radius 1 is 1.11 bits per heavy atom. The Kier molecular flexibility index (Phi) is 7.42. The van der Waals surface area contributed by atoms with E-state index in [1.54, 1.807) is 25.1 Å². The minimum Gasteiger partial charge on any atom is -0.503 e. The van der Waals surface area contributed by atoms with Gasteiger partial charge in [0.15, 0.2) is 5.76 Å². The van der Waals surface area contributed by atoms with Gasteiger partial charge in [0.1, 0.15) is 10.8 Å². The van der Waals surface area contributed by atoms with Crippen molar-refractivity contribution in [3.05, 3.63) is 87.9 Å². The van der Waals surface area contributed by atoms with Crippen molar-refractivity contribution in [3.8, 4) is 10.6 Å². The first-order valence-electron chi connectivity index (χ1n) is 11.7. The molecule has 3 aromatic rings. The number of aromatic nitrogens is 1. The topological polar surface area (TPSA) is 73.7 Å². The van der Waals surface area contributed by atoms with Crippen molar-refractivity contribution in [1.29, 1.82) is 0 Å². The standard InChI is InChI=1S/C27H28FN3O3S/c1-4-30(5-2)15-16-31-22(19-13-9-10-14-20(19)28)21(24(33)27(31)34)23(32)25-17(3)29-26(35-25)18-11-7-6-8-12-18/h6-14,22,33H,4-5,15-16H2,1-3H3. The molecule has 1 amide bonds. The summed E-state index contributed by atoms with van der Waals surface area (Å²) in [7, 11) is 0. The molecular formula is C27H28FN3O3S. The van der Waals surface area contributed by atoms with Gasteiger partial charge in [-0.05, 0) is 26.1 Å². The molecule has 2 heterocycles. The molecule has 8 heteroatoms. The molecule has 1 N–H and O–H groups in total. The summed E-state index contributed by atoms with van der Waals surface area (Å²) >= 11 is 1.20. The number of thiazole rings is 1. The van der Waals surface area contributed by atoms with Gasteiger partial charge in [-0.1, -0.05) is 62.4 Å². The van der Waals surface area contributed by atoms with E-state index in [2.05, 4.69) is 9.88 Å². The zero-order chi connectivity index (χ0) is 25.1. The van der Waals surface area contributed by atoms with Gasteiger partial charge >= 0.3 is 0 Å². The number of aliphatic hydroxyl groups is 1. The van der Waals surface area contributed by atoms with Crippen molar-refractivity contribution in [3.63, 3.8) is 0 Å². The fourth-order valence-corrected chi connectivity index (χ4v) is 5.38. The van der Waals surface area contributed by atoms with E-state index in [1.807, 2.05) is 44.2 Å². The number of ketones is 1. The molecule has 0 aliphatic carbocycles. The Morgan fingerprint density at radius 3 is 2.43 bits per heavy atom. The van der Waals surface area contributed by atoms with E-state index in [1.165, 1.54) is 22.3 Å². The molecule has 1 atom stereocenters. The van der Waals surface area contributed by atoms with Crippen LogP contribution in [0.25, 0.3) is 10.6 Å². The fourth-order valence-electron chi connectivity index (χ4n) is 4.36. The molecule has 4 rings (SSSR count). The van der Waals surface area contributed by atoms with E-state index < -0.39 is 29.3 Å². The average molecular weight is 494 g/mol. The second-order valence-corrected chi connectivity index (χ2v) is 9.34. The molecular weight excluding hydrogens is 465 g/mol. The molecule has 2 aromatic carbocycles. The van der Waals surface area contributed by atoms with Gasteiger partial charge in [0.05, 0.1) is 22.2 Å². The quantitative estimate of drug-likeness (QED) is 0.416. The minimum atomic E-state index is -1.02.